The number of H-pyrrole nitrogens is 1. The Kier molecular flexibility index (Phi) is 5.77. The van der Waals surface area contributed by atoms with Gasteiger partial charge < -0.3 is 0 Å². The van der Waals surface area contributed by atoms with Gasteiger partial charge in [-0.2, -0.15) is 10.2 Å². The van der Waals surface area contributed by atoms with Crippen LogP contribution in [0.5, 0.6) is 0 Å². The summed E-state index contributed by atoms with van der Waals surface area (Å²) in [5.41, 5.74) is 6.58. The molecule has 0 radical (unpaired) electrons. The van der Waals surface area contributed by atoms with Gasteiger partial charge in [0.25, 0.3) is 0 Å². The molecular formula is C16H20N4OS. The number of hydrazone groups is 1. The Morgan fingerprint density at radius 3 is 2.68 bits per heavy atom. The van der Waals surface area contributed by atoms with E-state index in [1.54, 1.807) is 18.0 Å². The van der Waals surface area contributed by atoms with Crippen LogP contribution in [0.15, 0.2) is 34.3 Å². The monoisotopic (exact) mass is 316 g/mol. The van der Waals surface area contributed by atoms with Crippen molar-refractivity contribution in [3.05, 3.63) is 46.8 Å². The van der Waals surface area contributed by atoms with Gasteiger partial charge in [0.2, 0.25) is 5.91 Å². The zero-order valence-electron chi connectivity index (χ0n) is 13.0. The van der Waals surface area contributed by atoms with Crippen molar-refractivity contribution < 1.29 is 4.79 Å². The van der Waals surface area contributed by atoms with E-state index in [0.29, 0.717) is 12.8 Å². The third kappa shape index (κ3) is 4.46. The van der Waals surface area contributed by atoms with Crippen molar-refractivity contribution in [1.82, 2.24) is 15.6 Å². The zero-order chi connectivity index (χ0) is 15.9. The van der Waals surface area contributed by atoms with Crippen LogP contribution in [0.2, 0.25) is 0 Å². The molecule has 0 saturated heterocycles. The molecule has 0 aliphatic carbocycles. The molecule has 1 aromatic carbocycles. The molecule has 1 aromatic heterocycles. The van der Waals surface area contributed by atoms with Gasteiger partial charge in [-0.3, -0.25) is 9.89 Å². The highest BCUT2D eigenvalue weighted by Crippen LogP contribution is 2.14. The third-order valence-electron chi connectivity index (χ3n) is 3.40. The molecular weight excluding hydrogens is 296 g/mol. The molecule has 1 amide bonds. The van der Waals surface area contributed by atoms with E-state index in [0.717, 1.165) is 22.5 Å². The second kappa shape index (κ2) is 7.79. The highest BCUT2D eigenvalue weighted by molar-refractivity contribution is 7.98. The molecule has 0 unspecified atom stereocenters. The minimum atomic E-state index is -0.100. The van der Waals surface area contributed by atoms with Crippen molar-refractivity contribution in [1.29, 1.82) is 0 Å². The van der Waals surface area contributed by atoms with Gasteiger partial charge in [0.15, 0.2) is 0 Å². The number of amides is 1. The average molecular weight is 316 g/mol. The van der Waals surface area contributed by atoms with E-state index in [2.05, 4.69) is 20.7 Å². The maximum Gasteiger partial charge on any atom is 0.240 e. The molecule has 22 heavy (non-hydrogen) atoms. The van der Waals surface area contributed by atoms with Crippen LogP contribution in [0.3, 0.4) is 0 Å². The molecule has 116 valence electrons. The number of rotatable bonds is 6. The average Bonchev–Trinajstić information content (AvgIpc) is 2.84. The van der Waals surface area contributed by atoms with Gasteiger partial charge in [-0.25, -0.2) is 5.43 Å². The van der Waals surface area contributed by atoms with Crippen LogP contribution in [-0.2, 0) is 11.2 Å². The highest BCUT2D eigenvalue weighted by atomic mass is 32.2. The number of aromatic amines is 1. The Bertz CT molecular complexity index is 642. The lowest BCUT2D eigenvalue weighted by Gasteiger charge is -2.01. The molecule has 0 bridgehead atoms. The molecule has 6 heteroatoms. The summed E-state index contributed by atoms with van der Waals surface area (Å²) in [6, 6.07) is 8.00. The number of benzene rings is 1. The Hall–Kier alpha value is -2.08. The second-order valence-corrected chi connectivity index (χ2v) is 5.86. The molecule has 0 fully saturated rings. The quantitative estimate of drug-likeness (QED) is 0.489. The van der Waals surface area contributed by atoms with E-state index < -0.39 is 0 Å². The molecule has 5 nitrogen and oxygen atoms in total. The molecule has 1 heterocycles. The number of carbonyl (C=O) groups excluding carboxylic acids is 1. The van der Waals surface area contributed by atoms with Gasteiger partial charge in [-0.15, -0.1) is 11.8 Å². The number of aryl methyl sites for hydroxylation is 2. The lowest BCUT2D eigenvalue weighted by atomic mass is 10.1. The van der Waals surface area contributed by atoms with Gasteiger partial charge in [-0.05, 0) is 49.8 Å². The van der Waals surface area contributed by atoms with E-state index in [-0.39, 0.29) is 5.91 Å². The number of carbonyl (C=O) groups is 1. The first-order chi connectivity index (χ1) is 10.6. The maximum absolute atomic E-state index is 11.8. The predicted molar refractivity (Wildman–Crippen MR) is 90.3 cm³/mol. The normalized spacial score (nSPS) is 11.0. The molecule has 0 saturated carbocycles. The number of hydrogen-bond acceptors (Lipinski definition) is 4. The minimum absolute atomic E-state index is 0.100. The number of nitrogens with zero attached hydrogens (tertiary/aromatic N) is 2. The third-order valence-corrected chi connectivity index (χ3v) is 4.15. The first-order valence-electron chi connectivity index (χ1n) is 7.06. The predicted octanol–water partition coefficient (Wildman–Crippen LogP) is 2.83. The largest absolute Gasteiger partial charge is 0.282 e. The lowest BCUT2D eigenvalue weighted by molar-refractivity contribution is -0.121. The Labute approximate surface area is 134 Å². The van der Waals surface area contributed by atoms with Gasteiger partial charge in [-0.1, -0.05) is 12.1 Å². The summed E-state index contributed by atoms with van der Waals surface area (Å²) in [5.74, 6) is -0.100. The summed E-state index contributed by atoms with van der Waals surface area (Å²) >= 11 is 1.69. The molecule has 0 aliphatic rings. The number of nitrogens with one attached hydrogen (secondary N) is 2. The van der Waals surface area contributed by atoms with Crippen LogP contribution in [0, 0.1) is 13.8 Å². The van der Waals surface area contributed by atoms with E-state index >= 15 is 0 Å². The zero-order valence-corrected chi connectivity index (χ0v) is 13.8. The molecule has 2 N–H and O–H groups in total. The van der Waals surface area contributed by atoms with Crippen LogP contribution >= 0.6 is 11.8 Å². The summed E-state index contributed by atoms with van der Waals surface area (Å²) in [5, 5.41) is 11.0. The summed E-state index contributed by atoms with van der Waals surface area (Å²) in [6.07, 6.45) is 4.74. The summed E-state index contributed by atoms with van der Waals surface area (Å²) < 4.78 is 0. The number of thioether (sulfide) groups is 1. The number of aromatic nitrogens is 2. The summed E-state index contributed by atoms with van der Waals surface area (Å²) in [7, 11) is 0. The minimum Gasteiger partial charge on any atom is -0.282 e. The van der Waals surface area contributed by atoms with Gasteiger partial charge in [0.1, 0.15) is 0 Å². The highest BCUT2D eigenvalue weighted by Gasteiger charge is 2.08. The van der Waals surface area contributed by atoms with Gasteiger partial charge in [0, 0.05) is 17.0 Å². The fourth-order valence-electron chi connectivity index (χ4n) is 2.11. The summed E-state index contributed by atoms with van der Waals surface area (Å²) in [4.78, 5) is 13.0. The van der Waals surface area contributed by atoms with Crippen molar-refractivity contribution in [2.45, 2.75) is 31.6 Å². The Morgan fingerprint density at radius 2 is 2.09 bits per heavy atom. The molecule has 0 atom stereocenters. The van der Waals surface area contributed by atoms with E-state index in [1.807, 2.05) is 44.4 Å². The standard InChI is InChI=1S/C16H20N4OS/c1-11-15(12(2)19-18-11)8-9-16(21)20-17-10-13-4-6-14(22-3)7-5-13/h4-7,10H,8-9H2,1-3H3,(H,18,19)(H,20,21)/b17-10+. The van der Waals surface area contributed by atoms with Crippen LogP contribution in [0.1, 0.15) is 28.9 Å². The molecule has 0 spiro atoms. The van der Waals surface area contributed by atoms with Crippen LogP contribution in [0.25, 0.3) is 0 Å². The lowest BCUT2D eigenvalue weighted by Crippen LogP contribution is -2.18. The maximum atomic E-state index is 11.8. The van der Waals surface area contributed by atoms with Crippen molar-refractivity contribution in [3.63, 3.8) is 0 Å². The Balaban J connectivity index is 1.81. The van der Waals surface area contributed by atoms with Gasteiger partial charge in [0.05, 0.1) is 11.9 Å². The van der Waals surface area contributed by atoms with Crippen molar-refractivity contribution in [2.75, 3.05) is 6.26 Å². The summed E-state index contributed by atoms with van der Waals surface area (Å²) in [6.45, 7) is 3.90. The van der Waals surface area contributed by atoms with Crippen molar-refractivity contribution in [2.24, 2.45) is 5.10 Å². The Morgan fingerprint density at radius 1 is 1.36 bits per heavy atom. The molecule has 2 rings (SSSR count). The first-order valence-corrected chi connectivity index (χ1v) is 8.29. The molecule has 0 aliphatic heterocycles. The van der Waals surface area contributed by atoms with E-state index in [4.69, 9.17) is 0 Å². The topological polar surface area (TPSA) is 70.1 Å². The van der Waals surface area contributed by atoms with Crippen LogP contribution in [0.4, 0.5) is 0 Å². The second-order valence-electron chi connectivity index (χ2n) is 4.98. The van der Waals surface area contributed by atoms with Crippen molar-refractivity contribution in [3.8, 4) is 0 Å². The molecule has 2 aromatic rings. The van der Waals surface area contributed by atoms with Crippen molar-refractivity contribution >= 4 is 23.9 Å². The van der Waals surface area contributed by atoms with Gasteiger partial charge >= 0.3 is 0 Å². The van der Waals surface area contributed by atoms with E-state index in [9.17, 15) is 4.79 Å². The van der Waals surface area contributed by atoms with Crippen LogP contribution < -0.4 is 5.43 Å². The first kappa shape index (κ1) is 16.3. The van der Waals surface area contributed by atoms with E-state index in [1.165, 1.54) is 4.90 Å². The van der Waals surface area contributed by atoms with Crippen LogP contribution in [-0.4, -0.2) is 28.6 Å². The fraction of sp³-hybridized carbons (Fsp3) is 0.312. The fourth-order valence-corrected chi connectivity index (χ4v) is 2.51. The number of hydrogen-bond donors (Lipinski definition) is 2. The SMILES string of the molecule is CSc1ccc(/C=N/NC(=O)CCc2c(C)n[nH]c2C)cc1. The smallest absolute Gasteiger partial charge is 0.240 e.